The Morgan fingerprint density at radius 2 is 2.00 bits per heavy atom. The molecule has 0 amide bonds. The molecule has 0 atom stereocenters. The lowest BCUT2D eigenvalue weighted by molar-refractivity contribution is -0.107. The number of hydrogen-bond donors (Lipinski definition) is 1. The summed E-state index contributed by atoms with van der Waals surface area (Å²) in [5.74, 6) is -0.533. The molecule has 1 rings (SSSR count). The second-order valence-corrected chi connectivity index (χ2v) is 4.02. The van der Waals surface area contributed by atoms with Gasteiger partial charge in [-0.2, -0.15) is 0 Å². The molecule has 0 radical (unpaired) electrons. The summed E-state index contributed by atoms with van der Waals surface area (Å²) in [4.78, 5) is 0. The van der Waals surface area contributed by atoms with Crippen molar-refractivity contribution in [2.75, 3.05) is 20.0 Å². The summed E-state index contributed by atoms with van der Waals surface area (Å²) in [6.07, 6.45) is -0.868. The Kier molecular flexibility index (Phi) is 4.33. The Morgan fingerprint density at radius 3 is 2.47 bits per heavy atom. The first-order valence-electron chi connectivity index (χ1n) is 4.01. The largest absolute Gasteiger partial charge is 0.397 e. The number of benzene rings is 1. The SMILES string of the molecule is COC(OC)c1c(F)cc(Br)c(N)c1Cl. The van der Waals surface area contributed by atoms with Gasteiger partial charge in [-0.25, -0.2) is 4.39 Å². The zero-order chi connectivity index (χ0) is 11.6. The van der Waals surface area contributed by atoms with Crippen LogP contribution in [0, 0.1) is 5.82 Å². The lowest BCUT2D eigenvalue weighted by Gasteiger charge is -2.17. The van der Waals surface area contributed by atoms with Crippen molar-refractivity contribution in [3.05, 3.63) is 26.9 Å². The van der Waals surface area contributed by atoms with Crippen molar-refractivity contribution in [3.63, 3.8) is 0 Å². The highest BCUT2D eigenvalue weighted by Gasteiger charge is 2.21. The number of ether oxygens (including phenoxy) is 2. The van der Waals surface area contributed by atoms with Crippen LogP contribution < -0.4 is 5.73 Å². The average molecular weight is 299 g/mol. The van der Waals surface area contributed by atoms with E-state index in [-0.39, 0.29) is 16.3 Å². The van der Waals surface area contributed by atoms with E-state index in [9.17, 15) is 4.39 Å². The van der Waals surface area contributed by atoms with Crippen LogP contribution >= 0.6 is 27.5 Å². The highest BCUT2D eigenvalue weighted by molar-refractivity contribution is 9.10. The van der Waals surface area contributed by atoms with E-state index in [0.717, 1.165) is 0 Å². The molecule has 0 heterocycles. The minimum Gasteiger partial charge on any atom is -0.397 e. The molecule has 3 nitrogen and oxygen atoms in total. The molecular weight excluding hydrogens is 288 g/mol. The number of nitrogens with two attached hydrogens (primary N) is 1. The second kappa shape index (κ2) is 5.12. The molecule has 2 N–H and O–H groups in total. The van der Waals surface area contributed by atoms with E-state index >= 15 is 0 Å². The van der Waals surface area contributed by atoms with Crippen molar-refractivity contribution in [3.8, 4) is 0 Å². The van der Waals surface area contributed by atoms with Crippen LogP contribution in [0.1, 0.15) is 11.9 Å². The molecule has 84 valence electrons. The Morgan fingerprint density at radius 1 is 1.47 bits per heavy atom. The van der Waals surface area contributed by atoms with Crippen molar-refractivity contribution < 1.29 is 13.9 Å². The molecule has 6 heteroatoms. The zero-order valence-corrected chi connectivity index (χ0v) is 10.5. The maximum Gasteiger partial charge on any atom is 0.187 e. The van der Waals surface area contributed by atoms with Crippen molar-refractivity contribution >= 4 is 33.2 Å². The molecule has 1 aromatic rings. The Balaban J connectivity index is 3.34. The molecule has 0 saturated heterocycles. The molecular formula is C9H10BrClFNO2. The third kappa shape index (κ3) is 2.42. The minimum absolute atomic E-state index is 0.0931. The van der Waals surface area contributed by atoms with Gasteiger partial charge in [0, 0.05) is 18.7 Å². The Hall–Kier alpha value is -0.360. The van der Waals surface area contributed by atoms with E-state index < -0.39 is 12.1 Å². The highest BCUT2D eigenvalue weighted by Crippen LogP contribution is 2.37. The quantitative estimate of drug-likeness (QED) is 0.689. The predicted molar refractivity (Wildman–Crippen MR) is 60.3 cm³/mol. The van der Waals surface area contributed by atoms with Crippen molar-refractivity contribution in [2.45, 2.75) is 6.29 Å². The molecule has 0 aliphatic rings. The fraction of sp³-hybridized carbons (Fsp3) is 0.333. The number of anilines is 1. The summed E-state index contributed by atoms with van der Waals surface area (Å²) in [5.41, 5.74) is 6.00. The van der Waals surface area contributed by atoms with E-state index in [4.69, 9.17) is 26.8 Å². The van der Waals surface area contributed by atoms with Gasteiger partial charge in [0.25, 0.3) is 0 Å². The Bertz CT molecular complexity index is 372. The fourth-order valence-corrected chi connectivity index (χ4v) is 1.96. The number of hydrogen-bond acceptors (Lipinski definition) is 3. The molecule has 1 aromatic carbocycles. The smallest absolute Gasteiger partial charge is 0.187 e. The summed E-state index contributed by atoms with van der Waals surface area (Å²) in [7, 11) is 2.78. The first-order valence-corrected chi connectivity index (χ1v) is 5.18. The Labute approximate surface area is 100 Å². The van der Waals surface area contributed by atoms with Gasteiger partial charge in [0.15, 0.2) is 6.29 Å². The second-order valence-electron chi connectivity index (χ2n) is 2.78. The van der Waals surface area contributed by atoms with Crippen LogP contribution in [0.3, 0.4) is 0 Å². The lowest BCUT2D eigenvalue weighted by atomic mass is 10.1. The van der Waals surface area contributed by atoms with Gasteiger partial charge in [-0.15, -0.1) is 0 Å². The summed E-state index contributed by atoms with van der Waals surface area (Å²) in [6.45, 7) is 0. The van der Waals surface area contributed by atoms with Crippen molar-refractivity contribution in [2.24, 2.45) is 0 Å². The number of methoxy groups -OCH3 is 2. The molecule has 0 fully saturated rings. The van der Waals surface area contributed by atoms with Gasteiger partial charge in [-0.3, -0.25) is 0 Å². The van der Waals surface area contributed by atoms with E-state index in [1.165, 1.54) is 20.3 Å². The zero-order valence-electron chi connectivity index (χ0n) is 8.18. The molecule has 0 spiro atoms. The average Bonchev–Trinajstić information content (AvgIpc) is 2.21. The van der Waals surface area contributed by atoms with Gasteiger partial charge in [-0.05, 0) is 22.0 Å². The van der Waals surface area contributed by atoms with Gasteiger partial charge in [0.05, 0.1) is 16.3 Å². The minimum atomic E-state index is -0.868. The molecule has 15 heavy (non-hydrogen) atoms. The summed E-state index contributed by atoms with van der Waals surface area (Å²) >= 11 is 8.99. The van der Waals surface area contributed by atoms with Crippen LogP contribution in [-0.4, -0.2) is 14.2 Å². The first-order chi connectivity index (χ1) is 7.02. The highest BCUT2D eigenvalue weighted by atomic mass is 79.9. The molecule has 0 bridgehead atoms. The van der Waals surface area contributed by atoms with Gasteiger partial charge in [-0.1, -0.05) is 11.6 Å². The third-order valence-corrected chi connectivity index (χ3v) is 2.97. The third-order valence-electron chi connectivity index (χ3n) is 1.90. The van der Waals surface area contributed by atoms with Crippen molar-refractivity contribution in [1.29, 1.82) is 0 Å². The van der Waals surface area contributed by atoms with E-state index in [1.54, 1.807) is 0 Å². The predicted octanol–water partition coefficient (Wildman–Crippen LogP) is 3.12. The van der Waals surface area contributed by atoms with Crippen LogP contribution in [0.25, 0.3) is 0 Å². The number of rotatable bonds is 3. The maximum absolute atomic E-state index is 13.6. The maximum atomic E-state index is 13.6. The van der Waals surface area contributed by atoms with Crippen LogP contribution in [-0.2, 0) is 9.47 Å². The lowest BCUT2D eigenvalue weighted by Crippen LogP contribution is -2.08. The van der Waals surface area contributed by atoms with Crippen LogP contribution in [0.5, 0.6) is 0 Å². The normalized spacial score (nSPS) is 11.1. The van der Waals surface area contributed by atoms with Gasteiger partial charge >= 0.3 is 0 Å². The summed E-state index contributed by atoms with van der Waals surface area (Å²) in [5, 5.41) is 0.0931. The molecule has 0 aliphatic carbocycles. The first kappa shape index (κ1) is 12.7. The van der Waals surface area contributed by atoms with Crippen LogP contribution in [0.15, 0.2) is 10.5 Å². The number of halogens is 3. The monoisotopic (exact) mass is 297 g/mol. The number of nitrogen functional groups attached to an aromatic ring is 1. The van der Waals surface area contributed by atoms with Crippen LogP contribution in [0.4, 0.5) is 10.1 Å². The van der Waals surface area contributed by atoms with E-state index in [1.807, 2.05) is 0 Å². The summed E-state index contributed by atoms with van der Waals surface area (Å²) in [6, 6.07) is 1.22. The van der Waals surface area contributed by atoms with Crippen molar-refractivity contribution in [1.82, 2.24) is 0 Å². The van der Waals surface area contributed by atoms with E-state index in [0.29, 0.717) is 4.47 Å². The van der Waals surface area contributed by atoms with Crippen LogP contribution in [0.2, 0.25) is 5.02 Å². The fourth-order valence-electron chi connectivity index (χ4n) is 1.17. The molecule has 0 unspecified atom stereocenters. The van der Waals surface area contributed by atoms with E-state index in [2.05, 4.69) is 15.9 Å². The molecule has 0 aliphatic heterocycles. The van der Waals surface area contributed by atoms with Gasteiger partial charge in [0.2, 0.25) is 0 Å². The van der Waals surface area contributed by atoms with Gasteiger partial charge in [0.1, 0.15) is 5.82 Å². The topological polar surface area (TPSA) is 44.5 Å². The molecule has 0 saturated carbocycles. The van der Waals surface area contributed by atoms with Gasteiger partial charge < -0.3 is 15.2 Å². The summed E-state index contributed by atoms with van der Waals surface area (Å²) < 4.78 is 23.8. The molecule has 0 aromatic heterocycles. The standard InChI is InChI=1S/C9H10BrClFNO2/c1-14-9(15-2)6-5(12)3-4(10)8(13)7(6)11/h3,9H,13H2,1-2H3.